The Balaban J connectivity index is 1.69. The van der Waals surface area contributed by atoms with Gasteiger partial charge in [0.15, 0.2) is 0 Å². The zero-order chi connectivity index (χ0) is 18.8. The van der Waals surface area contributed by atoms with Crippen LogP contribution in [0.3, 0.4) is 0 Å². The van der Waals surface area contributed by atoms with Gasteiger partial charge in [-0.15, -0.1) is 0 Å². The van der Waals surface area contributed by atoms with Crippen molar-refractivity contribution in [3.63, 3.8) is 0 Å². The smallest absolute Gasteiger partial charge is 0.257 e. The minimum absolute atomic E-state index is 0.0502. The normalized spacial score (nSPS) is 14.5. The number of carbonyl (C=O) groups excluding carboxylic acids is 1. The lowest BCUT2D eigenvalue weighted by molar-refractivity contribution is 0.0719. The van der Waals surface area contributed by atoms with E-state index in [0.29, 0.717) is 17.9 Å². The van der Waals surface area contributed by atoms with Gasteiger partial charge in [0.2, 0.25) is 0 Å². The third kappa shape index (κ3) is 3.54. The molecule has 0 radical (unpaired) electrons. The summed E-state index contributed by atoms with van der Waals surface area (Å²) in [4.78, 5) is 15.1. The van der Waals surface area contributed by atoms with Gasteiger partial charge >= 0.3 is 0 Å². The van der Waals surface area contributed by atoms with Crippen molar-refractivity contribution in [2.45, 2.75) is 39.7 Å². The number of piperidine rings is 1. The number of hydrogen-bond acceptors (Lipinski definition) is 4. The maximum Gasteiger partial charge on any atom is 0.257 e. The van der Waals surface area contributed by atoms with E-state index in [-0.39, 0.29) is 5.91 Å². The van der Waals surface area contributed by atoms with Crippen molar-refractivity contribution in [3.05, 3.63) is 59.0 Å². The van der Waals surface area contributed by atoms with Crippen molar-refractivity contribution < 1.29 is 14.1 Å². The van der Waals surface area contributed by atoms with Gasteiger partial charge in [0.05, 0.1) is 16.8 Å². The summed E-state index contributed by atoms with van der Waals surface area (Å²) in [6, 6.07) is 12.0. The molecule has 1 fully saturated rings. The van der Waals surface area contributed by atoms with Crippen molar-refractivity contribution >= 4 is 16.7 Å². The zero-order valence-corrected chi connectivity index (χ0v) is 15.8. The van der Waals surface area contributed by atoms with Crippen LogP contribution in [0.25, 0.3) is 10.8 Å². The molecule has 1 saturated heterocycles. The number of ether oxygens (including phenoxy) is 1. The molecular weight excluding hydrogens is 340 g/mol. The molecule has 5 nitrogen and oxygen atoms in total. The lowest BCUT2D eigenvalue weighted by Gasteiger charge is -2.27. The first-order valence-corrected chi connectivity index (χ1v) is 9.50. The predicted octanol–water partition coefficient (Wildman–Crippen LogP) is 4.65. The van der Waals surface area contributed by atoms with E-state index in [1.165, 1.54) is 6.42 Å². The number of rotatable bonds is 4. The van der Waals surface area contributed by atoms with E-state index in [9.17, 15) is 4.79 Å². The van der Waals surface area contributed by atoms with Gasteiger partial charge in [-0.25, -0.2) is 0 Å². The van der Waals surface area contributed by atoms with Crippen LogP contribution in [0.1, 0.15) is 46.6 Å². The van der Waals surface area contributed by atoms with Crippen LogP contribution in [-0.4, -0.2) is 29.1 Å². The highest BCUT2D eigenvalue weighted by atomic mass is 16.5. The molecule has 0 atom stereocenters. The fraction of sp³-hybridized carbons (Fsp3) is 0.364. The summed E-state index contributed by atoms with van der Waals surface area (Å²) in [7, 11) is 0. The van der Waals surface area contributed by atoms with Crippen molar-refractivity contribution in [2.24, 2.45) is 0 Å². The van der Waals surface area contributed by atoms with E-state index in [4.69, 9.17) is 9.26 Å². The Morgan fingerprint density at radius 2 is 1.81 bits per heavy atom. The summed E-state index contributed by atoms with van der Waals surface area (Å²) in [5.74, 6) is 1.41. The van der Waals surface area contributed by atoms with Gasteiger partial charge in [0.25, 0.3) is 5.91 Å². The number of nitrogens with zero attached hydrogens (tertiary/aromatic N) is 2. The summed E-state index contributed by atoms with van der Waals surface area (Å²) in [5, 5.41) is 6.08. The van der Waals surface area contributed by atoms with Gasteiger partial charge in [-0.3, -0.25) is 4.79 Å². The van der Waals surface area contributed by atoms with Crippen LogP contribution in [0.5, 0.6) is 5.75 Å². The largest absolute Gasteiger partial charge is 0.488 e. The first-order valence-electron chi connectivity index (χ1n) is 9.50. The van der Waals surface area contributed by atoms with Crippen LogP contribution in [0.2, 0.25) is 0 Å². The zero-order valence-electron chi connectivity index (χ0n) is 15.8. The van der Waals surface area contributed by atoms with Gasteiger partial charge in [-0.1, -0.05) is 29.4 Å². The number of amides is 1. The second-order valence-electron chi connectivity index (χ2n) is 7.14. The molecule has 2 aromatic carbocycles. The molecule has 0 aliphatic carbocycles. The number of likely N-dealkylation sites (tertiary alicyclic amines) is 1. The van der Waals surface area contributed by atoms with E-state index in [1.807, 2.05) is 55.1 Å². The van der Waals surface area contributed by atoms with E-state index in [1.54, 1.807) is 0 Å². The SMILES string of the molecule is Cc1noc(C)c1COc1cc2ccccc2cc1C(=O)N1CCCCC1. The monoisotopic (exact) mass is 364 g/mol. The highest BCUT2D eigenvalue weighted by Gasteiger charge is 2.22. The molecule has 140 valence electrons. The van der Waals surface area contributed by atoms with E-state index in [2.05, 4.69) is 5.16 Å². The molecule has 3 aromatic rings. The fourth-order valence-electron chi connectivity index (χ4n) is 3.63. The number of aromatic nitrogens is 1. The predicted molar refractivity (Wildman–Crippen MR) is 104 cm³/mol. The molecule has 5 heteroatoms. The minimum Gasteiger partial charge on any atom is -0.488 e. The van der Waals surface area contributed by atoms with Gasteiger partial charge in [-0.2, -0.15) is 0 Å². The molecule has 1 aromatic heterocycles. The van der Waals surface area contributed by atoms with Crippen LogP contribution in [0, 0.1) is 13.8 Å². The quantitative estimate of drug-likeness (QED) is 0.676. The first-order chi connectivity index (χ1) is 13.1. The molecule has 27 heavy (non-hydrogen) atoms. The molecule has 0 saturated carbocycles. The number of carbonyl (C=O) groups is 1. The number of aryl methyl sites for hydroxylation is 2. The standard InChI is InChI=1S/C22H24N2O3/c1-15-20(16(2)27-23-15)14-26-21-13-18-9-5-4-8-17(18)12-19(21)22(25)24-10-6-3-7-11-24/h4-5,8-9,12-13H,3,6-7,10-11,14H2,1-2H3. The van der Waals surface area contributed by atoms with Gasteiger partial charge in [0.1, 0.15) is 18.1 Å². The second-order valence-corrected chi connectivity index (χ2v) is 7.14. The van der Waals surface area contributed by atoms with Gasteiger partial charge < -0.3 is 14.2 Å². The average molecular weight is 364 g/mol. The topological polar surface area (TPSA) is 55.6 Å². The Morgan fingerprint density at radius 1 is 1.11 bits per heavy atom. The highest BCUT2D eigenvalue weighted by Crippen LogP contribution is 2.29. The Hall–Kier alpha value is -2.82. The molecule has 0 unspecified atom stereocenters. The Morgan fingerprint density at radius 3 is 2.48 bits per heavy atom. The maximum absolute atomic E-state index is 13.2. The third-order valence-electron chi connectivity index (χ3n) is 5.27. The summed E-state index contributed by atoms with van der Waals surface area (Å²) in [6.07, 6.45) is 3.32. The van der Waals surface area contributed by atoms with Crippen LogP contribution < -0.4 is 4.74 Å². The number of benzene rings is 2. The molecule has 4 rings (SSSR count). The first kappa shape index (κ1) is 17.6. The molecular formula is C22H24N2O3. The molecule has 1 aliphatic rings. The maximum atomic E-state index is 13.2. The van der Waals surface area contributed by atoms with Crippen LogP contribution in [0.4, 0.5) is 0 Å². The van der Waals surface area contributed by atoms with Crippen molar-refractivity contribution in [3.8, 4) is 5.75 Å². The lowest BCUT2D eigenvalue weighted by Crippen LogP contribution is -2.35. The van der Waals surface area contributed by atoms with Gasteiger partial charge in [-0.05, 0) is 56.0 Å². The minimum atomic E-state index is 0.0502. The Bertz CT molecular complexity index is 951. The van der Waals surface area contributed by atoms with Crippen molar-refractivity contribution in [1.82, 2.24) is 10.1 Å². The lowest BCUT2D eigenvalue weighted by atomic mass is 10.0. The second kappa shape index (κ2) is 7.43. The van der Waals surface area contributed by atoms with Crippen molar-refractivity contribution in [1.29, 1.82) is 0 Å². The number of hydrogen-bond donors (Lipinski definition) is 0. The highest BCUT2D eigenvalue weighted by molar-refractivity contribution is 6.01. The van der Waals surface area contributed by atoms with E-state index in [0.717, 1.165) is 53.7 Å². The average Bonchev–Trinajstić information content (AvgIpc) is 3.03. The molecule has 0 bridgehead atoms. The molecule has 0 spiro atoms. The van der Waals surface area contributed by atoms with Crippen molar-refractivity contribution in [2.75, 3.05) is 13.1 Å². The molecule has 1 amide bonds. The fourth-order valence-corrected chi connectivity index (χ4v) is 3.63. The number of fused-ring (bicyclic) bond motifs is 1. The molecule has 1 aliphatic heterocycles. The Kier molecular flexibility index (Phi) is 4.84. The Labute approximate surface area is 158 Å². The molecule has 0 N–H and O–H groups in total. The van der Waals surface area contributed by atoms with Crippen LogP contribution in [-0.2, 0) is 6.61 Å². The van der Waals surface area contributed by atoms with Crippen LogP contribution >= 0.6 is 0 Å². The van der Waals surface area contributed by atoms with Crippen LogP contribution in [0.15, 0.2) is 40.9 Å². The van der Waals surface area contributed by atoms with Gasteiger partial charge in [0, 0.05) is 13.1 Å². The molecule has 2 heterocycles. The summed E-state index contributed by atoms with van der Waals surface area (Å²) < 4.78 is 11.3. The third-order valence-corrected chi connectivity index (χ3v) is 5.27. The summed E-state index contributed by atoms with van der Waals surface area (Å²) >= 11 is 0. The summed E-state index contributed by atoms with van der Waals surface area (Å²) in [5.41, 5.74) is 2.37. The summed E-state index contributed by atoms with van der Waals surface area (Å²) in [6.45, 7) is 5.73. The van der Waals surface area contributed by atoms with E-state index < -0.39 is 0 Å². The van der Waals surface area contributed by atoms with E-state index >= 15 is 0 Å².